The molecule has 0 radical (unpaired) electrons. The van der Waals surface area contributed by atoms with Crippen molar-refractivity contribution in [2.75, 3.05) is 7.11 Å². The monoisotopic (exact) mass is 289 g/mol. The minimum atomic E-state index is -1.08. The second kappa shape index (κ2) is 5.31. The molecule has 0 aromatic heterocycles. The number of rotatable bonds is 3. The van der Waals surface area contributed by atoms with Gasteiger partial charge in [0, 0.05) is 5.70 Å². The van der Waals surface area contributed by atoms with Gasteiger partial charge in [-0.3, -0.25) is 4.79 Å². The fraction of sp³-hybridized carbons (Fsp3) is 0.333. The van der Waals surface area contributed by atoms with Crippen molar-refractivity contribution >= 4 is 11.9 Å². The molecule has 2 heterocycles. The third kappa shape index (κ3) is 2.32. The number of carbonyl (C=O) groups is 2. The average molecular weight is 289 g/mol. The van der Waals surface area contributed by atoms with Crippen LogP contribution in [0.1, 0.15) is 5.56 Å². The quantitative estimate of drug-likeness (QED) is 0.771. The Bertz CT molecular complexity index is 585. The Morgan fingerprint density at radius 2 is 2.05 bits per heavy atom. The van der Waals surface area contributed by atoms with Crippen LogP contribution < -0.4 is 0 Å². The molecular formula is C15H15NO5. The average Bonchev–Trinajstić information content (AvgIpc) is 2.92. The first kappa shape index (κ1) is 13.8. The lowest BCUT2D eigenvalue weighted by Gasteiger charge is -2.32. The summed E-state index contributed by atoms with van der Waals surface area (Å²) in [5.74, 6) is -0.926. The molecule has 3 rings (SSSR count). The van der Waals surface area contributed by atoms with Gasteiger partial charge in [0.05, 0.1) is 13.7 Å². The highest BCUT2D eigenvalue weighted by Crippen LogP contribution is 2.34. The molecule has 1 aromatic rings. The van der Waals surface area contributed by atoms with Gasteiger partial charge >= 0.3 is 5.97 Å². The maximum absolute atomic E-state index is 12.3. The number of hydrogen-bond donors (Lipinski definition) is 0. The molecule has 0 saturated carbocycles. The number of amides is 1. The first-order chi connectivity index (χ1) is 10.1. The Labute approximate surface area is 121 Å². The van der Waals surface area contributed by atoms with Gasteiger partial charge in [0.25, 0.3) is 5.91 Å². The molecule has 6 nitrogen and oxygen atoms in total. The summed E-state index contributed by atoms with van der Waals surface area (Å²) in [5.41, 5.74) is 1.37. The molecule has 2 saturated heterocycles. The molecule has 3 atom stereocenters. The van der Waals surface area contributed by atoms with Gasteiger partial charge in [-0.2, -0.15) is 0 Å². The first-order valence-electron chi connectivity index (χ1n) is 6.54. The van der Waals surface area contributed by atoms with E-state index < -0.39 is 24.5 Å². The van der Waals surface area contributed by atoms with Crippen molar-refractivity contribution in [1.82, 2.24) is 4.90 Å². The van der Waals surface area contributed by atoms with Gasteiger partial charge in [0.15, 0.2) is 6.10 Å². The summed E-state index contributed by atoms with van der Waals surface area (Å²) < 4.78 is 15.4. The number of hydrogen-bond acceptors (Lipinski definition) is 5. The lowest BCUT2D eigenvalue weighted by molar-refractivity contribution is -0.169. The SMILES string of the molecule is C=C1[C@@H]2O[C@H](O[C@H]2C(=O)OC)C(=O)N1Cc1ccccc1. The molecule has 2 aliphatic rings. The van der Waals surface area contributed by atoms with Gasteiger partial charge in [-0.05, 0) is 5.56 Å². The first-order valence-corrected chi connectivity index (χ1v) is 6.54. The standard InChI is InChI=1S/C15H15NO5/c1-9-11-12(14(18)19-2)21-15(20-11)13(17)16(9)8-10-6-4-3-5-7-10/h3-7,11-12,15H,1,8H2,2H3/t11-,12+,15+/m0/s1. The summed E-state index contributed by atoms with van der Waals surface area (Å²) in [7, 11) is 1.26. The Morgan fingerprint density at radius 1 is 1.33 bits per heavy atom. The van der Waals surface area contributed by atoms with E-state index in [1.54, 1.807) is 0 Å². The molecule has 0 spiro atoms. The zero-order chi connectivity index (χ0) is 15.0. The van der Waals surface area contributed by atoms with Crippen molar-refractivity contribution in [2.45, 2.75) is 25.0 Å². The number of morpholine rings is 1. The third-order valence-corrected chi connectivity index (χ3v) is 3.58. The summed E-state index contributed by atoms with van der Waals surface area (Å²) in [6.07, 6.45) is -2.71. The zero-order valence-corrected chi connectivity index (χ0v) is 11.5. The van der Waals surface area contributed by atoms with Crippen molar-refractivity contribution in [3.63, 3.8) is 0 Å². The normalized spacial score (nSPS) is 27.9. The fourth-order valence-corrected chi connectivity index (χ4v) is 2.47. The third-order valence-electron chi connectivity index (χ3n) is 3.58. The second-order valence-electron chi connectivity index (χ2n) is 4.87. The maximum atomic E-state index is 12.3. The molecule has 2 aliphatic heterocycles. The van der Waals surface area contributed by atoms with Crippen molar-refractivity contribution in [3.8, 4) is 0 Å². The Hall–Kier alpha value is -2.18. The predicted molar refractivity (Wildman–Crippen MR) is 71.7 cm³/mol. The minimum absolute atomic E-state index is 0.355. The minimum Gasteiger partial charge on any atom is -0.467 e. The lowest BCUT2D eigenvalue weighted by atomic mass is 10.1. The van der Waals surface area contributed by atoms with E-state index in [9.17, 15) is 9.59 Å². The van der Waals surface area contributed by atoms with Gasteiger partial charge < -0.3 is 19.1 Å². The van der Waals surface area contributed by atoms with Crippen LogP contribution in [0.3, 0.4) is 0 Å². The van der Waals surface area contributed by atoms with Crippen LogP contribution >= 0.6 is 0 Å². The van der Waals surface area contributed by atoms with Crippen molar-refractivity contribution < 1.29 is 23.8 Å². The van der Waals surface area contributed by atoms with Crippen LogP contribution in [0.25, 0.3) is 0 Å². The van der Waals surface area contributed by atoms with Crippen molar-refractivity contribution in [2.24, 2.45) is 0 Å². The van der Waals surface area contributed by atoms with Gasteiger partial charge in [-0.25, -0.2) is 4.79 Å². The van der Waals surface area contributed by atoms with E-state index in [1.807, 2.05) is 30.3 Å². The molecule has 2 fully saturated rings. The number of benzene rings is 1. The summed E-state index contributed by atoms with van der Waals surface area (Å²) in [6.45, 7) is 4.25. The van der Waals surface area contributed by atoms with E-state index in [0.29, 0.717) is 12.2 Å². The van der Waals surface area contributed by atoms with E-state index in [0.717, 1.165) is 5.56 Å². The molecule has 2 bridgehead atoms. The molecule has 0 unspecified atom stereocenters. The summed E-state index contributed by atoms with van der Waals surface area (Å²) in [6, 6.07) is 9.52. The number of nitrogens with zero attached hydrogens (tertiary/aromatic N) is 1. The lowest BCUT2D eigenvalue weighted by Crippen LogP contribution is -2.46. The molecule has 0 N–H and O–H groups in total. The largest absolute Gasteiger partial charge is 0.467 e. The van der Waals surface area contributed by atoms with Crippen LogP contribution in [0, 0.1) is 0 Å². The van der Waals surface area contributed by atoms with Gasteiger partial charge in [0.2, 0.25) is 6.29 Å². The van der Waals surface area contributed by atoms with Gasteiger partial charge in [-0.1, -0.05) is 36.9 Å². The van der Waals surface area contributed by atoms with Crippen LogP contribution in [0.15, 0.2) is 42.6 Å². The number of fused-ring (bicyclic) bond motifs is 2. The highest BCUT2D eigenvalue weighted by molar-refractivity contribution is 5.86. The summed E-state index contributed by atoms with van der Waals surface area (Å²) >= 11 is 0. The fourth-order valence-electron chi connectivity index (χ4n) is 2.47. The van der Waals surface area contributed by atoms with Crippen LogP contribution in [0.2, 0.25) is 0 Å². The van der Waals surface area contributed by atoms with E-state index in [2.05, 4.69) is 11.3 Å². The molecule has 1 amide bonds. The molecule has 1 aromatic carbocycles. The molecule has 6 heteroatoms. The van der Waals surface area contributed by atoms with Crippen molar-refractivity contribution in [1.29, 1.82) is 0 Å². The maximum Gasteiger partial charge on any atom is 0.338 e. The predicted octanol–water partition coefficient (Wildman–Crippen LogP) is 0.826. The number of ether oxygens (including phenoxy) is 3. The van der Waals surface area contributed by atoms with E-state index in [1.165, 1.54) is 12.0 Å². The van der Waals surface area contributed by atoms with E-state index in [-0.39, 0.29) is 5.91 Å². The summed E-state index contributed by atoms with van der Waals surface area (Å²) in [4.78, 5) is 25.5. The van der Waals surface area contributed by atoms with Gasteiger partial charge in [-0.15, -0.1) is 0 Å². The Morgan fingerprint density at radius 3 is 2.71 bits per heavy atom. The Balaban J connectivity index is 1.83. The molecule has 21 heavy (non-hydrogen) atoms. The second-order valence-corrected chi connectivity index (χ2v) is 4.87. The van der Waals surface area contributed by atoms with Crippen LogP contribution in [-0.4, -0.2) is 42.4 Å². The van der Waals surface area contributed by atoms with Crippen molar-refractivity contribution in [3.05, 3.63) is 48.2 Å². The number of carbonyl (C=O) groups excluding carboxylic acids is 2. The highest BCUT2D eigenvalue weighted by atomic mass is 16.8. The van der Waals surface area contributed by atoms with Crippen LogP contribution in [-0.2, 0) is 30.3 Å². The van der Waals surface area contributed by atoms with Gasteiger partial charge in [0.1, 0.15) is 6.10 Å². The highest BCUT2D eigenvalue weighted by Gasteiger charge is 2.53. The molecule has 110 valence electrons. The smallest absolute Gasteiger partial charge is 0.338 e. The van der Waals surface area contributed by atoms with E-state index in [4.69, 9.17) is 9.47 Å². The molecule has 0 aliphatic carbocycles. The van der Waals surface area contributed by atoms with E-state index >= 15 is 0 Å². The van der Waals surface area contributed by atoms with Crippen LogP contribution in [0.5, 0.6) is 0 Å². The number of esters is 1. The number of methoxy groups -OCH3 is 1. The van der Waals surface area contributed by atoms with Crippen LogP contribution in [0.4, 0.5) is 0 Å². The molecular weight excluding hydrogens is 274 g/mol. The zero-order valence-electron chi connectivity index (χ0n) is 11.5. The topological polar surface area (TPSA) is 65.1 Å². The Kier molecular flexibility index (Phi) is 3.48. The summed E-state index contributed by atoms with van der Waals surface area (Å²) in [5, 5.41) is 0.